The van der Waals surface area contributed by atoms with Crippen molar-refractivity contribution in [2.75, 3.05) is 0 Å². The van der Waals surface area contributed by atoms with E-state index in [0.717, 1.165) is 5.01 Å². The lowest BCUT2D eigenvalue weighted by Gasteiger charge is -2.27. The highest BCUT2D eigenvalue weighted by Gasteiger charge is 2.26. The molecule has 1 atom stereocenters. The van der Waals surface area contributed by atoms with E-state index in [-0.39, 0.29) is 6.10 Å². The molecule has 0 aliphatic carbocycles. The smallest absolute Gasteiger partial charge is 0.184 e. The summed E-state index contributed by atoms with van der Waals surface area (Å²) in [5, 5.41) is 3.13. The second kappa shape index (κ2) is 4.55. The fourth-order valence-corrected chi connectivity index (χ4v) is 3.30. The van der Waals surface area contributed by atoms with Crippen molar-refractivity contribution in [2.24, 2.45) is 5.92 Å². The molecule has 0 aliphatic heterocycles. The highest BCUT2D eigenvalue weighted by molar-refractivity contribution is 7.09. The Labute approximate surface area is 91.5 Å². The zero-order valence-electron chi connectivity index (χ0n) is 9.57. The first kappa shape index (κ1) is 11.9. The molecule has 0 fully saturated rings. The van der Waals surface area contributed by atoms with Gasteiger partial charge in [-0.3, -0.25) is 0 Å². The molecule has 0 bridgehead atoms. The number of hydrogen-bond acceptors (Lipinski definition) is 3. The molecule has 14 heavy (non-hydrogen) atoms. The molecular weight excluding hydrogens is 210 g/mol. The van der Waals surface area contributed by atoms with Crippen molar-refractivity contribution in [3.63, 3.8) is 0 Å². The van der Waals surface area contributed by atoms with Crippen LogP contribution in [0.2, 0.25) is 19.6 Å². The lowest BCUT2D eigenvalue weighted by atomic mass is 10.1. The van der Waals surface area contributed by atoms with Gasteiger partial charge in [0.2, 0.25) is 0 Å². The van der Waals surface area contributed by atoms with Gasteiger partial charge in [-0.25, -0.2) is 4.98 Å². The van der Waals surface area contributed by atoms with Gasteiger partial charge < -0.3 is 4.43 Å². The van der Waals surface area contributed by atoms with Crippen LogP contribution in [0.5, 0.6) is 0 Å². The van der Waals surface area contributed by atoms with Crippen LogP contribution >= 0.6 is 11.3 Å². The van der Waals surface area contributed by atoms with Gasteiger partial charge in [0.05, 0.1) is 6.10 Å². The van der Waals surface area contributed by atoms with E-state index < -0.39 is 8.32 Å². The molecule has 0 aliphatic rings. The fraction of sp³-hybridized carbons (Fsp3) is 0.700. The summed E-state index contributed by atoms with van der Waals surface area (Å²) in [5.41, 5.74) is 0. The largest absolute Gasteiger partial charge is 0.408 e. The third kappa shape index (κ3) is 3.51. The van der Waals surface area contributed by atoms with E-state index >= 15 is 0 Å². The van der Waals surface area contributed by atoms with Gasteiger partial charge in [-0.2, -0.15) is 0 Å². The Kier molecular flexibility index (Phi) is 3.86. The van der Waals surface area contributed by atoms with Gasteiger partial charge in [0, 0.05) is 11.6 Å². The number of hydrogen-bond donors (Lipinski definition) is 0. The third-order valence-corrected chi connectivity index (χ3v) is 3.58. The van der Waals surface area contributed by atoms with Crippen LogP contribution in [-0.2, 0) is 4.43 Å². The van der Waals surface area contributed by atoms with Crippen LogP contribution in [0.25, 0.3) is 0 Å². The summed E-state index contributed by atoms with van der Waals surface area (Å²) in [6, 6.07) is 0. The Hall–Kier alpha value is -0.193. The average Bonchev–Trinajstić information content (AvgIpc) is 2.49. The van der Waals surface area contributed by atoms with Gasteiger partial charge in [-0.05, 0) is 25.6 Å². The quantitative estimate of drug-likeness (QED) is 0.735. The molecule has 4 heteroatoms. The highest BCUT2D eigenvalue weighted by atomic mass is 32.1. The summed E-state index contributed by atoms with van der Waals surface area (Å²) in [6.45, 7) is 11.0. The lowest BCUT2D eigenvalue weighted by Crippen LogP contribution is -2.30. The van der Waals surface area contributed by atoms with Crippen LogP contribution in [-0.4, -0.2) is 13.3 Å². The Balaban J connectivity index is 2.76. The summed E-state index contributed by atoms with van der Waals surface area (Å²) in [4.78, 5) is 4.34. The fourth-order valence-electron chi connectivity index (χ4n) is 1.23. The van der Waals surface area contributed by atoms with E-state index in [9.17, 15) is 0 Å². The minimum atomic E-state index is -1.47. The van der Waals surface area contributed by atoms with Crippen LogP contribution in [0.1, 0.15) is 25.0 Å². The van der Waals surface area contributed by atoms with E-state index in [0.29, 0.717) is 5.92 Å². The predicted molar refractivity (Wildman–Crippen MR) is 64.1 cm³/mol. The van der Waals surface area contributed by atoms with Gasteiger partial charge in [-0.1, -0.05) is 13.8 Å². The van der Waals surface area contributed by atoms with Crippen molar-refractivity contribution < 1.29 is 4.43 Å². The normalized spacial score (nSPS) is 14.7. The topological polar surface area (TPSA) is 22.1 Å². The number of nitrogens with zero attached hydrogens (tertiary/aromatic N) is 1. The second-order valence-electron chi connectivity index (χ2n) is 4.77. The van der Waals surface area contributed by atoms with Gasteiger partial charge in [0.15, 0.2) is 8.32 Å². The lowest BCUT2D eigenvalue weighted by molar-refractivity contribution is 0.145. The van der Waals surface area contributed by atoms with E-state index in [1.165, 1.54) is 0 Å². The van der Waals surface area contributed by atoms with Crippen molar-refractivity contribution in [2.45, 2.75) is 39.6 Å². The maximum atomic E-state index is 6.13. The van der Waals surface area contributed by atoms with Crippen LogP contribution in [0.15, 0.2) is 11.6 Å². The van der Waals surface area contributed by atoms with Crippen LogP contribution in [0, 0.1) is 5.92 Å². The Morgan fingerprint density at radius 2 is 2.00 bits per heavy atom. The van der Waals surface area contributed by atoms with Crippen molar-refractivity contribution in [1.82, 2.24) is 4.98 Å². The average molecular weight is 229 g/mol. The molecule has 0 amide bonds. The molecule has 80 valence electrons. The summed E-state index contributed by atoms with van der Waals surface area (Å²) >= 11 is 1.69. The molecule has 1 rings (SSSR count). The Bertz CT molecular complexity index is 266. The summed E-state index contributed by atoms with van der Waals surface area (Å²) in [6.07, 6.45) is 2.03. The zero-order valence-corrected chi connectivity index (χ0v) is 11.4. The number of thiazole rings is 1. The molecule has 0 saturated carbocycles. The maximum Gasteiger partial charge on any atom is 0.184 e. The van der Waals surface area contributed by atoms with Gasteiger partial charge >= 0.3 is 0 Å². The highest BCUT2D eigenvalue weighted by Crippen LogP contribution is 2.30. The van der Waals surface area contributed by atoms with Crippen molar-refractivity contribution in [3.05, 3.63) is 16.6 Å². The van der Waals surface area contributed by atoms with E-state index in [1.807, 2.05) is 11.6 Å². The first-order chi connectivity index (χ1) is 6.40. The minimum Gasteiger partial charge on any atom is -0.408 e. The van der Waals surface area contributed by atoms with Crippen molar-refractivity contribution >= 4 is 19.7 Å². The summed E-state index contributed by atoms with van der Waals surface area (Å²) in [5.74, 6) is 0.493. The third-order valence-electron chi connectivity index (χ3n) is 1.78. The SMILES string of the molecule is CC(C)C(O[Si](C)(C)C)c1nccs1. The summed E-state index contributed by atoms with van der Waals surface area (Å²) in [7, 11) is -1.47. The molecule has 1 aromatic rings. The minimum absolute atomic E-state index is 0.182. The van der Waals surface area contributed by atoms with Crippen molar-refractivity contribution in [3.8, 4) is 0 Å². The van der Waals surface area contributed by atoms with E-state index in [2.05, 4.69) is 38.5 Å². The molecule has 0 aromatic carbocycles. The van der Waals surface area contributed by atoms with Gasteiger partial charge in [-0.15, -0.1) is 11.3 Å². The van der Waals surface area contributed by atoms with E-state index in [1.54, 1.807) is 11.3 Å². The second-order valence-corrected chi connectivity index (χ2v) is 10.2. The molecular formula is C10H19NOSSi. The molecule has 1 unspecified atom stereocenters. The maximum absolute atomic E-state index is 6.13. The molecule has 0 saturated heterocycles. The molecule has 2 nitrogen and oxygen atoms in total. The Morgan fingerprint density at radius 3 is 2.36 bits per heavy atom. The Morgan fingerprint density at radius 1 is 1.36 bits per heavy atom. The van der Waals surface area contributed by atoms with E-state index in [4.69, 9.17) is 4.43 Å². The number of rotatable bonds is 4. The molecule has 0 spiro atoms. The van der Waals surface area contributed by atoms with Gasteiger partial charge in [0.1, 0.15) is 5.01 Å². The van der Waals surface area contributed by atoms with Crippen molar-refractivity contribution in [1.29, 1.82) is 0 Å². The monoisotopic (exact) mass is 229 g/mol. The zero-order chi connectivity index (χ0) is 10.8. The molecule has 0 radical (unpaired) electrons. The summed E-state index contributed by atoms with van der Waals surface area (Å²) < 4.78 is 6.13. The molecule has 0 N–H and O–H groups in total. The van der Waals surface area contributed by atoms with Crippen LogP contribution in [0.4, 0.5) is 0 Å². The first-order valence-electron chi connectivity index (χ1n) is 4.97. The molecule has 1 heterocycles. The van der Waals surface area contributed by atoms with Crippen LogP contribution in [0.3, 0.4) is 0 Å². The standard InChI is InChI=1S/C10H19NOSSi/c1-8(2)9(12-14(3,4)5)10-11-6-7-13-10/h6-9H,1-5H3. The first-order valence-corrected chi connectivity index (χ1v) is 9.26. The van der Waals surface area contributed by atoms with Gasteiger partial charge in [0.25, 0.3) is 0 Å². The number of aromatic nitrogens is 1. The molecule has 1 aromatic heterocycles. The predicted octanol–water partition coefficient (Wildman–Crippen LogP) is 3.69. The van der Waals surface area contributed by atoms with Crippen LogP contribution < -0.4 is 0 Å².